The fraction of sp³-hybridized carbons (Fsp3) is 0.846. The van der Waals surface area contributed by atoms with Crippen LogP contribution in [0.5, 0.6) is 0 Å². The predicted molar refractivity (Wildman–Crippen MR) is 68.7 cm³/mol. The highest BCUT2D eigenvalue weighted by atomic mass is 16.5. The molecule has 0 aromatic rings. The van der Waals surface area contributed by atoms with E-state index in [4.69, 9.17) is 10.5 Å². The second kappa shape index (κ2) is 7.36. The third kappa shape index (κ3) is 5.49. The van der Waals surface area contributed by atoms with E-state index in [1.807, 2.05) is 0 Å². The molecule has 1 saturated carbocycles. The molecular weight excluding hydrogens is 232 g/mol. The number of nitrogens with one attached hydrogen (secondary N) is 1. The van der Waals surface area contributed by atoms with Crippen molar-refractivity contribution >= 4 is 11.8 Å². The Morgan fingerprint density at radius 3 is 2.39 bits per heavy atom. The minimum Gasteiger partial charge on any atom is -0.370 e. The molecule has 1 aliphatic rings. The molecule has 2 atom stereocenters. The summed E-state index contributed by atoms with van der Waals surface area (Å²) in [7, 11) is 0. The molecule has 3 N–H and O–H groups in total. The van der Waals surface area contributed by atoms with Crippen LogP contribution in [0.3, 0.4) is 0 Å². The molecule has 1 fully saturated rings. The molecule has 0 aromatic carbocycles. The molecule has 0 aromatic heterocycles. The van der Waals surface area contributed by atoms with E-state index in [0.717, 1.165) is 12.8 Å². The number of carbonyl (C=O) groups is 2. The van der Waals surface area contributed by atoms with E-state index in [2.05, 4.69) is 19.2 Å². The Kier molecular flexibility index (Phi) is 6.12. The van der Waals surface area contributed by atoms with Crippen LogP contribution in [0.4, 0.5) is 0 Å². The van der Waals surface area contributed by atoms with Crippen LogP contribution in [0, 0.1) is 17.8 Å². The van der Waals surface area contributed by atoms with Gasteiger partial charge in [0.15, 0.2) is 0 Å². The molecule has 1 aliphatic carbocycles. The minimum absolute atomic E-state index is 0.0899. The summed E-state index contributed by atoms with van der Waals surface area (Å²) in [5.74, 6) is 0.985. The standard InChI is InChI=1S/C13H24N2O3/c1-9-5-10(2)7-11(6-9)13(17)15-3-4-18-8-12(14)16/h9-11H,3-8H2,1-2H3,(H2,14,16)(H,15,17)/t9-,10-/m0/s1. The average molecular weight is 256 g/mol. The summed E-state index contributed by atoms with van der Waals surface area (Å²) in [5.41, 5.74) is 4.93. The number of carbonyl (C=O) groups excluding carboxylic acids is 2. The lowest BCUT2D eigenvalue weighted by molar-refractivity contribution is -0.127. The monoisotopic (exact) mass is 256 g/mol. The minimum atomic E-state index is -0.490. The van der Waals surface area contributed by atoms with Crippen LogP contribution in [0.15, 0.2) is 0 Å². The van der Waals surface area contributed by atoms with Crippen molar-refractivity contribution in [3.8, 4) is 0 Å². The summed E-state index contributed by atoms with van der Waals surface area (Å²) < 4.78 is 4.99. The summed E-state index contributed by atoms with van der Waals surface area (Å²) in [4.78, 5) is 22.4. The highest BCUT2D eigenvalue weighted by Crippen LogP contribution is 2.32. The van der Waals surface area contributed by atoms with Gasteiger partial charge in [0.25, 0.3) is 0 Å². The normalized spacial score (nSPS) is 27.8. The van der Waals surface area contributed by atoms with Crippen molar-refractivity contribution in [1.29, 1.82) is 0 Å². The van der Waals surface area contributed by atoms with Crippen LogP contribution >= 0.6 is 0 Å². The molecule has 0 heterocycles. The van der Waals surface area contributed by atoms with E-state index in [9.17, 15) is 9.59 Å². The number of nitrogens with two attached hydrogens (primary N) is 1. The maximum Gasteiger partial charge on any atom is 0.243 e. The van der Waals surface area contributed by atoms with E-state index >= 15 is 0 Å². The second-order valence-electron chi connectivity index (χ2n) is 5.42. The highest BCUT2D eigenvalue weighted by molar-refractivity contribution is 5.78. The summed E-state index contributed by atoms with van der Waals surface area (Å²) in [5, 5.41) is 2.85. The van der Waals surface area contributed by atoms with Crippen molar-refractivity contribution in [2.24, 2.45) is 23.5 Å². The van der Waals surface area contributed by atoms with Gasteiger partial charge in [0, 0.05) is 12.5 Å². The molecule has 104 valence electrons. The van der Waals surface area contributed by atoms with Gasteiger partial charge < -0.3 is 15.8 Å². The average Bonchev–Trinajstić information content (AvgIpc) is 2.26. The number of hydrogen-bond donors (Lipinski definition) is 2. The van der Waals surface area contributed by atoms with Crippen molar-refractivity contribution in [1.82, 2.24) is 5.32 Å². The van der Waals surface area contributed by atoms with Crippen molar-refractivity contribution in [3.05, 3.63) is 0 Å². The number of ether oxygens (including phenoxy) is 1. The van der Waals surface area contributed by atoms with Gasteiger partial charge in [-0.15, -0.1) is 0 Å². The highest BCUT2D eigenvalue weighted by Gasteiger charge is 2.28. The molecule has 5 heteroatoms. The van der Waals surface area contributed by atoms with E-state index < -0.39 is 5.91 Å². The molecule has 18 heavy (non-hydrogen) atoms. The summed E-state index contributed by atoms with van der Waals surface area (Å²) in [6.45, 7) is 5.07. The number of amides is 2. The smallest absolute Gasteiger partial charge is 0.243 e. The van der Waals surface area contributed by atoms with Gasteiger partial charge in [-0.05, 0) is 31.1 Å². The third-order valence-corrected chi connectivity index (χ3v) is 3.34. The largest absolute Gasteiger partial charge is 0.370 e. The Bertz CT molecular complexity index is 284. The predicted octanol–water partition coefficient (Wildman–Crippen LogP) is 0.677. The van der Waals surface area contributed by atoms with Crippen LogP contribution < -0.4 is 11.1 Å². The van der Waals surface area contributed by atoms with Crippen LogP contribution in [0.1, 0.15) is 33.1 Å². The lowest BCUT2D eigenvalue weighted by atomic mass is 9.76. The Morgan fingerprint density at radius 1 is 1.22 bits per heavy atom. The summed E-state index contributed by atoms with van der Waals surface area (Å²) in [6.07, 6.45) is 3.15. The molecule has 0 aliphatic heterocycles. The lowest BCUT2D eigenvalue weighted by Crippen LogP contribution is -2.37. The number of rotatable bonds is 6. The van der Waals surface area contributed by atoms with Gasteiger partial charge in [-0.2, -0.15) is 0 Å². The number of hydrogen-bond acceptors (Lipinski definition) is 3. The Morgan fingerprint density at radius 2 is 1.83 bits per heavy atom. The van der Waals surface area contributed by atoms with E-state index in [0.29, 0.717) is 25.0 Å². The SMILES string of the molecule is C[C@@H]1CC(C(=O)NCCOCC(N)=O)C[C@@H](C)C1. The lowest BCUT2D eigenvalue weighted by Gasteiger charge is -2.30. The zero-order valence-electron chi connectivity index (χ0n) is 11.3. The molecule has 0 unspecified atom stereocenters. The van der Waals surface area contributed by atoms with Crippen LogP contribution in [-0.4, -0.2) is 31.6 Å². The first-order valence-corrected chi connectivity index (χ1v) is 6.62. The fourth-order valence-corrected chi connectivity index (χ4v) is 2.72. The first-order valence-electron chi connectivity index (χ1n) is 6.62. The first kappa shape index (κ1) is 15.0. The summed E-state index contributed by atoms with van der Waals surface area (Å²) >= 11 is 0. The molecular formula is C13H24N2O3. The van der Waals surface area contributed by atoms with Crippen molar-refractivity contribution in [3.63, 3.8) is 0 Å². The number of primary amides is 1. The molecule has 0 spiro atoms. The van der Waals surface area contributed by atoms with Crippen molar-refractivity contribution in [2.75, 3.05) is 19.8 Å². The van der Waals surface area contributed by atoms with Gasteiger partial charge in [-0.25, -0.2) is 0 Å². The molecule has 0 bridgehead atoms. The molecule has 2 amide bonds. The zero-order chi connectivity index (χ0) is 13.5. The first-order chi connectivity index (χ1) is 8.49. The topological polar surface area (TPSA) is 81.4 Å². The second-order valence-corrected chi connectivity index (χ2v) is 5.42. The van der Waals surface area contributed by atoms with E-state index in [-0.39, 0.29) is 18.4 Å². The fourth-order valence-electron chi connectivity index (χ4n) is 2.72. The van der Waals surface area contributed by atoms with Gasteiger partial charge in [-0.3, -0.25) is 9.59 Å². The van der Waals surface area contributed by atoms with Gasteiger partial charge >= 0.3 is 0 Å². The van der Waals surface area contributed by atoms with Crippen LogP contribution in [-0.2, 0) is 14.3 Å². The molecule has 0 radical (unpaired) electrons. The van der Waals surface area contributed by atoms with Crippen LogP contribution in [0.2, 0.25) is 0 Å². The van der Waals surface area contributed by atoms with Crippen molar-refractivity contribution in [2.45, 2.75) is 33.1 Å². The third-order valence-electron chi connectivity index (χ3n) is 3.34. The zero-order valence-corrected chi connectivity index (χ0v) is 11.3. The molecule has 0 saturated heterocycles. The van der Waals surface area contributed by atoms with Gasteiger partial charge in [0.2, 0.25) is 11.8 Å². The quantitative estimate of drug-likeness (QED) is 0.686. The van der Waals surface area contributed by atoms with Gasteiger partial charge in [0.1, 0.15) is 6.61 Å². The maximum absolute atomic E-state index is 11.9. The summed E-state index contributed by atoms with van der Waals surface area (Å²) in [6, 6.07) is 0. The van der Waals surface area contributed by atoms with Crippen molar-refractivity contribution < 1.29 is 14.3 Å². The molecule has 5 nitrogen and oxygen atoms in total. The van der Waals surface area contributed by atoms with Crippen LogP contribution in [0.25, 0.3) is 0 Å². The van der Waals surface area contributed by atoms with Gasteiger partial charge in [0.05, 0.1) is 6.61 Å². The Labute approximate surface area is 108 Å². The molecule has 1 rings (SSSR count). The van der Waals surface area contributed by atoms with E-state index in [1.54, 1.807) is 0 Å². The maximum atomic E-state index is 11.9. The Balaban J connectivity index is 2.18. The Hall–Kier alpha value is -1.10. The van der Waals surface area contributed by atoms with Gasteiger partial charge in [-0.1, -0.05) is 13.8 Å². The van der Waals surface area contributed by atoms with E-state index in [1.165, 1.54) is 6.42 Å².